The first-order valence-electron chi connectivity index (χ1n) is 4.33. The van der Waals surface area contributed by atoms with Gasteiger partial charge in [-0.2, -0.15) is 0 Å². The van der Waals surface area contributed by atoms with Crippen LogP contribution in [0.2, 0.25) is 0 Å². The van der Waals surface area contributed by atoms with E-state index in [1.165, 1.54) is 0 Å². The molecule has 1 rings (SSSR count). The van der Waals surface area contributed by atoms with Gasteiger partial charge in [-0.05, 0) is 32.9 Å². The molecule has 0 spiro atoms. The fraction of sp³-hybridized carbons (Fsp3) is 0.400. The highest BCUT2D eigenvalue weighted by Gasteiger charge is 2.01. The number of carbonyl (C=O) groups excluding carboxylic acids is 1. The third kappa shape index (κ3) is 2.86. The molecule has 1 heterocycles. The maximum atomic E-state index is 11.0. The molecular formula is C10H14N2O. The molecule has 0 fully saturated rings. The number of nitrogens with one attached hydrogen (secondary N) is 1. The highest BCUT2D eigenvalue weighted by atomic mass is 16.1. The van der Waals surface area contributed by atoms with E-state index in [1.54, 1.807) is 25.3 Å². The highest BCUT2D eigenvalue weighted by Crippen LogP contribution is 2.08. The quantitative estimate of drug-likeness (QED) is 0.721. The molecule has 0 bridgehead atoms. The lowest BCUT2D eigenvalue weighted by molar-refractivity contribution is 0.101. The molecule has 13 heavy (non-hydrogen) atoms. The summed E-state index contributed by atoms with van der Waals surface area (Å²) in [5, 5.41) is 3.14. The van der Waals surface area contributed by atoms with E-state index < -0.39 is 0 Å². The lowest BCUT2D eigenvalue weighted by Crippen LogP contribution is -2.11. The van der Waals surface area contributed by atoms with Crippen LogP contribution in [0.3, 0.4) is 0 Å². The van der Waals surface area contributed by atoms with Gasteiger partial charge in [-0.25, -0.2) is 4.98 Å². The van der Waals surface area contributed by atoms with Crippen molar-refractivity contribution in [2.75, 3.05) is 5.32 Å². The van der Waals surface area contributed by atoms with Gasteiger partial charge >= 0.3 is 0 Å². The number of anilines is 1. The number of carbonyl (C=O) groups is 1. The van der Waals surface area contributed by atoms with Crippen molar-refractivity contribution in [2.45, 2.75) is 26.8 Å². The van der Waals surface area contributed by atoms with Crippen molar-refractivity contribution in [3.8, 4) is 0 Å². The largest absolute Gasteiger partial charge is 0.368 e. The van der Waals surface area contributed by atoms with E-state index in [2.05, 4.69) is 10.3 Å². The highest BCUT2D eigenvalue weighted by molar-refractivity contribution is 5.94. The van der Waals surface area contributed by atoms with Crippen LogP contribution in [-0.2, 0) is 0 Å². The van der Waals surface area contributed by atoms with Gasteiger partial charge in [0.05, 0.1) is 0 Å². The number of nitrogens with zero attached hydrogens (tertiary/aromatic N) is 1. The van der Waals surface area contributed by atoms with Gasteiger partial charge in [0.15, 0.2) is 5.78 Å². The number of ketones is 1. The topological polar surface area (TPSA) is 42.0 Å². The van der Waals surface area contributed by atoms with Crippen LogP contribution < -0.4 is 5.32 Å². The number of rotatable bonds is 3. The van der Waals surface area contributed by atoms with Crippen LogP contribution in [0.1, 0.15) is 31.1 Å². The standard InChI is InChI=1S/C10H14N2O/c1-7(2)12-10-6-9(8(3)13)4-5-11-10/h4-7H,1-3H3,(H,11,12). The molecule has 0 atom stereocenters. The minimum absolute atomic E-state index is 0.0641. The molecule has 0 amide bonds. The molecule has 0 radical (unpaired) electrons. The van der Waals surface area contributed by atoms with E-state index in [1.807, 2.05) is 13.8 Å². The summed E-state index contributed by atoms with van der Waals surface area (Å²) in [5.74, 6) is 0.817. The van der Waals surface area contributed by atoms with Gasteiger partial charge in [-0.1, -0.05) is 0 Å². The second-order valence-corrected chi connectivity index (χ2v) is 3.28. The van der Waals surface area contributed by atoms with Crippen LogP contribution in [0, 0.1) is 0 Å². The van der Waals surface area contributed by atoms with Crippen LogP contribution in [0.4, 0.5) is 5.82 Å². The van der Waals surface area contributed by atoms with E-state index >= 15 is 0 Å². The molecule has 3 nitrogen and oxygen atoms in total. The van der Waals surface area contributed by atoms with Gasteiger partial charge in [-0.15, -0.1) is 0 Å². The van der Waals surface area contributed by atoms with Gasteiger partial charge in [-0.3, -0.25) is 4.79 Å². The molecule has 0 saturated heterocycles. The van der Waals surface area contributed by atoms with Crippen LogP contribution in [-0.4, -0.2) is 16.8 Å². The summed E-state index contributed by atoms with van der Waals surface area (Å²) in [5.41, 5.74) is 0.693. The summed E-state index contributed by atoms with van der Waals surface area (Å²) in [7, 11) is 0. The van der Waals surface area contributed by atoms with E-state index in [0.29, 0.717) is 11.6 Å². The maximum Gasteiger partial charge on any atom is 0.159 e. The molecule has 0 saturated carbocycles. The number of pyridine rings is 1. The summed E-state index contributed by atoms with van der Waals surface area (Å²) in [6.45, 7) is 5.61. The van der Waals surface area contributed by atoms with Gasteiger partial charge in [0.2, 0.25) is 0 Å². The fourth-order valence-electron chi connectivity index (χ4n) is 1.02. The summed E-state index contributed by atoms with van der Waals surface area (Å²) in [6.07, 6.45) is 1.64. The minimum atomic E-state index is 0.0641. The zero-order valence-corrected chi connectivity index (χ0v) is 8.16. The van der Waals surface area contributed by atoms with E-state index in [-0.39, 0.29) is 5.78 Å². The Morgan fingerprint density at radius 3 is 2.77 bits per heavy atom. The fourth-order valence-corrected chi connectivity index (χ4v) is 1.02. The number of hydrogen-bond donors (Lipinski definition) is 1. The summed E-state index contributed by atoms with van der Waals surface area (Å²) in [6, 6.07) is 3.81. The predicted octanol–water partition coefficient (Wildman–Crippen LogP) is 2.10. The number of aromatic nitrogens is 1. The lowest BCUT2D eigenvalue weighted by Gasteiger charge is -2.08. The molecule has 0 aliphatic heterocycles. The first-order chi connectivity index (χ1) is 6.09. The Morgan fingerprint density at radius 2 is 2.23 bits per heavy atom. The van der Waals surface area contributed by atoms with Crippen molar-refractivity contribution in [1.82, 2.24) is 4.98 Å². The van der Waals surface area contributed by atoms with Gasteiger partial charge in [0, 0.05) is 17.8 Å². The van der Waals surface area contributed by atoms with Crippen LogP contribution in [0.25, 0.3) is 0 Å². The summed E-state index contributed by atoms with van der Waals surface area (Å²) in [4.78, 5) is 15.1. The van der Waals surface area contributed by atoms with Crippen molar-refractivity contribution in [3.05, 3.63) is 23.9 Å². The lowest BCUT2D eigenvalue weighted by atomic mass is 10.2. The Morgan fingerprint density at radius 1 is 1.54 bits per heavy atom. The molecule has 3 heteroatoms. The molecular weight excluding hydrogens is 164 g/mol. The predicted molar refractivity (Wildman–Crippen MR) is 53.0 cm³/mol. The molecule has 1 aromatic rings. The third-order valence-corrected chi connectivity index (χ3v) is 1.60. The molecule has 0 unspecified atom stereocenters. The molecule has 70 valence electrons. The van der Waals surface area contributed by atoms with E-state index in [9.17, 15) is 4.79 Å². The Kier molecular flexibility index (Phi) is 3.01. The van der Waals surface area contributed by atoms with E-state index in [4.69, 9.17) is 0 Å². The van der Waals surface area contributed by atoms with Crippen molar-refractivity contribution in [2.24, 2.45) is 0 Å². The molecule has 1 N–H and O–H groups in total. The molecule has 0 aliphatic carbocycles. The van der Waals surface area contributed by atoms with Crippen LogP contribution >= 0.6 is 0 Å². The number of hydrogen-bond acceptors (Lipinski definition) is 3. The second-order valence-electron chi connectivity index (χ2n) is 3.28. The summed E-state index contributed by atoms with van der Waals surface area (Å²) >= 11 is 0. The van der Waals surface area contributed by atoms with Crippen molar-refractivity contribution < 1.29 is 4.79 Å². The number of Topliss-reactive ketones (excluding diaryl/α,β-unsaturated/α-hetero) is 1. The SMILES string of the molecule is CC(=O)c1ccnc(NC(C)C)c1. The zero-order valence-electron chi connectivity index (χ0n) is 8.16. The Balaban J connectivity index is 2.85. The van der Waals surface area contributed by atoms with Crippen LogP contribution in [0.5, 0.6) is 0 Å². The monoisotopic (exact) mass is 178 g/mol. The van der Waals surface area contributed by atoms with Crippen molar-refractivity contribution in [1.29, 1.82) is 0 Å². The molecule has 0 aromatic carbocycles. The van der Waals surface area contributed by atoms with E-state index in [0.717, 1.165) is 5.82 Å². The first kappa shape index (κ1) is 9.71. The zero-order chi connectivity index (χ0) is 9.84. The van der Waals surface area contributed by atoms with Crippen molar-refractivity contribution >= 4 is 11.6 Å². The Labute approximate surface area is 78.2 Å². The average Bonchev–Trinajstić information content (AvgIpc) is 2.03. The minimum Gasteiger partial charge on any atom is -0.368 e. The first-order valence-corrected chi connectivity index (χ1v) is 4.33. The normalized spacial score (nSPS) is 10.2. The third-order valence-electron chi connectivity index (χ3n) is 1.60. The average molecular weight is 178 g/mol. The molecule has 1 aromatic heterocycles. The Bertz CT molecular complexity index is 308. The van der Waals surface area contributed by atoms with Crippen LogP contribution in [0.15, 0.2) is 18.3 Å². The summed E-state index contributed by atoms with van der Waals surface area (Å²) < 4.78 is 0. The Hall–Kier alpha value is -1.38. The second kappa shape index (κ2) is 4.03. The van der Waals surface area contributed by atoms with Gasteiger partial charge in [0.25, 0.3) is 0 Å². The van der Waals surface area contributed by atoms with Crippen molar-refractivity contribution in [3.63, 3.8) is 0 Å². The smallest absolute Gasteiger partial charge is 0.159 e. The van der Waals surface area contributed by atoms with Gasteiger partial charge in [0.1, 0.15) is 5.82 Å². The maximum absolute atomic E-state index is 11.0. The molecule has 0 aliphatic rings. The van der Waals surface area contributed by atoms with Gasteiger partial charge < -0.3 is 5.32 Å².